The van der Waals surface area contributed by atoms with Gasteiger partial charge >= 0.3 is 0 Å². The van der Waals surface area contributed by atoms with Crippen LogP contribution in [0.1, 0.15) is 0 Å². The van der Waals surface area contributed by atoms with Crippen LogP contribution < -0.4 is 10.5 Å². The van der Waals surface area contributed by atoms with Gasteiger partial charge in [0.05, 0.1) is 22.4 Å². The molecule has 0 aliphatic carbocycles. The number of likely N-dealkylation sites (N-methyl/N-ethyl adjacent to an activating group) is 1. The largest absolute Gasteiger partial charge is 0.492 e. The van der Waals surface area contributed by atoms with Crippen molar-refractivity contribution in [1.82, 2.24) is 40.0 Å². The summed E-state index contributed by atoms with van der Waals surface area (Å²) in [5, 5.41) is 7.47. The molecule has 0 spiro atoms. The van der Waals surface area contributed by atoms with Crippen molar-refractivity contribution in [3.05, 3.63) is 66.9 Å². The number of rotatable bonds is 7. The zero-order valence-corrected chi connectivity index (χ0v) is 20.7. The van der Waals surface area contributed by atoms with Crippen molar-refractivity contribution < 1.29 is 9.13 Å². The Kier molecular flexibility index (Phi) is 5.89. The average molecular weight is 510 g/mol. The molecule has 5 heterocycles. The van der Waals surface area contributed by atoms with E-state index >= 15 is 0 Å². The first-order valence-electron chi connectivity index (χ1n) is 11.9. The number of nitrogen functional groups attached to an aromatic ring is 1. The van der Waals surface area contributed by atoms with Crippen molar-refractivity contribution in [2.75, 3.05) is 33.0 Å². The van der Waals surface area contributed by atoms with Gasteiger partial charge in [-0.1, -0.05) is 0 Å². The van der Waals surface area contributed by atoms with Crippen LogP contribution in [0.2, 0.25) is 0 Å². The summed E-state index contributed by atoms with van der Waals surface area (Å²) in [6.07, 6.45) is 4.94. The first kappa shape index (κ1) is 23.5. The minimum Gasteiger partial charge on any atom is -0.492 e. The maximum absolute atomic E-state index is 14.5. The molecule has 1 aromatic carbocycles. The molecule has 0 radical (unpaired) electrons. The van der Waals surface area contributed by atoms with Gasteiger partial charge in [0.1, 0.15) is 23.7 Å². The topological polar surface area (TPSA) is 135 Å². The van der Waals surface area contributed by atoms with Gasteiger partial charge in [0, 0.05) is 42.3 Å². The molecule has 6 rings (SSSR count). The van der Waals surface area contributed by atoms with E-state index in [4.69, 9.17) is 15.5 Å². The lowest BCUT2D eigenvalue weighted by atomic mass is 10.1. The third kappa shape index (κ3) is 4.50. The summed E-state index contributed by atoms with van der Waals surface area (Å²) in [7, 11) is 3.91. The third-order valence-corrected chi connectivity index (χ3v) is 6.07. The average Bonchev–Trinajstić information content (AvgIpc) is 3.51. The lowest BCUT2D eigenvalue weighted by Gasteiger charge is -2.12. The fourth-order valence-corrected chi connectivity index (χ4v) is 4.23. The highest BCUT2D eigenvalue weighted by Gasteiger charge is 2.18. The van der Waals surface area contributed by atoms with Crippen LogP contribution in [0, 0.1) is 5.82 Å². The number of nitrogens with two attached hydrogens (primary N) is 1. The number of anilines is 1. The molecule has 6 aromatic rings. The number of imidazole rings is 1. The molecule has 10 nitrogen and oxygen atoms in total. The molecule has 38 heavy (non-hydrogen) atoms. The summed E-state index contributed by atoms with van der Waals surface area (Å²) in [6.45, 7) is 1.17. The fraction of sp³-hybridized carbons (Fsp3) is 0.148. The maximum Gasteiger partial charge on any atom is 0.178 e. The summed E-state index contributed by atoms with van der Waals surface area (Å²) < 4.78 is 20.3. The molecule has 0 saturated carbocycles. The van der Waals surface area contributed by atoms with E-state index in [9.17, 15) is 4.39 Å². The van der Waals surface area contributed by atoms with E-state index < -0.39 is 5.82 Å². The Bertz CT molecular complexity index is 1780. The molecule has 0 atom stereocenters. The molecule has 0 unspecified atom stereocenters. The number of nitrogens with zero attached hydrogens (tertiary/aromatic N) is 6. The van der Waals surface area contributed by atoms with Gasteiger partial charge in [0.25, 0.3) is 0 Å². The number of fused-ring (bicyclic) bond motifs is 2. The van der Waals surface area contributed by atoms with Crippen molar-refractivity contribution >= 4 is 27.9 Å². The Labute approximate surface area is 216 Å². The van der Waals surface area contributed by atoms with Gasteiger partial charge in [-0.3, -0.25) is 10.1 Å². The molecule has 0 amide bonds. The number of benzene rings is 1. The van der Waals surface area contributed by atoms with E-state index in [0.717, 1.165) is 23.2 Å². The quantitative estimate of drug-likeness (QED) is 0.290. The molecule has 0 saturated heterocycles. The molecule has 4 N–H and O–H groups in total. The number of nitrogens with one attached hydrogen (secondary N) is 2. The highest BCUT2D eigenvalue weighted by molar-refractivity contribution is 5.95. The number of hydrogen-bond donors (Lipinski definition) is 3. The van der Waals surface area contributed by atoms with Gasteiger partial charge in [-0.15, -0.1) is 0 Å². The van der Waals surface area contributed by atoms with E-state index in [-0.39, 0.29) is 0 Å². The number of aromatic nitrogens is 7. The van der Waals surface area contributed by atoms with Crippen molar-refractivity contribution in [3.8, 4) is 39.7 Å². The molecule has 0 fully saturated rings. The summed E-state index contributed by atoms with van der Waals surface area (Å²) in [6, 6.07) is 12.1. The summed E-state index contributed by atoms with van der Waals surface area (Å²) in [4.78, 5) is 23.4. The molecule has 0 aliphatic heterocycles. The lowest BCUT2D eigenvalue weighted by molar-refractivity contribution is 0.260. The summed E-state index contributed by atoms with van der Waals surface area (Å²) in [5.74, 6) is 0.552. The number of pyridine rings is 3. The molecular formula is C27H24FN9O. The molecule has 0 aliphatic rings. The van der Waals surface area contributed by atoms with E-state index in [0.29, 0.717) is 57.5 Å². The zero-order valence-electron chi connectivity index (χ0n) is 20.7. The van der Waals surface area contributed by atoms with Crippen molar-refractivity contribution in [2.45, 2.75) is 0 Å². The Hall–Kier alpha value is -4.90. The molecule has 190 valence electrons. The lowest BCUT2D eigenvalue weighted by Crippen LogP contribution is -2.19. The van der Waals surface area contributed by atoms with Crippen LogP contribution in [0.5, 0.6) is 5.75 Å². The Morgan fingerprint density at radius 3 is 2.76 bits per heavy atom. The van der Waals surface area contributed by atoms with Crippen LogP contribution >= 0.6 is 0 Å². The number of H-pyrrole nitrogens is 2. The minimum atomic E-state index is -0.391. The van der Waals surface area contributed by atoms with E-state index in [1.54, 1.807) is 18.6 Å². The van der Waals surface area contributed by atoms with Crippen LogP contribution in [-0.4, -0.2) is 67.3 Å². The van der Waals surface area contributed by atoms with Gasteiger partial charge < -0.3 is 20.4 Å². The SMILES string of the molecule is CN(C)CCOc1cc(F)cc(-c2ccnc3nc(-c4n[nH]c5ccc(-c6cncc(N)c6)nc45)[nH]c23)c1. The number of aromatic amines is 2. The Balaban J connectivity index is 1.40. The third-order valence-electron chi connectivity index (χ3n) is 6.07. The van der Waals surface area contributed by atoms with Crippen LogP contribution in [0.4, 0.5) is 10.1 Å². The van der Waals surface area contributed by atoms with Gasteiger partial charge in [0.15, 0.2) is 17.2 Å². The van der Waals surface area contributed by atoms with Crippen molar-refractivity contribution in [3.63, 3.8) is 0 Å². The second kappa shape index (κ2) is 9.52. The first-order valence-corrected chi connectivity index (χ1v) is 11.9. The van der Waals surface area contributed by atoms with E-state index in [2.05, 4.69) is 30.1 Å². The first-order chi connectivity index (χ1) is 18.4. The zero-order chi connectivity index (χ0) is 26.2. The number of halogens is 1. The van der Waals surface area contributed by atoms with Crippen LogP contribution in [0.3, 0.4) is 0 Å². The molecule has 11 heteroatoms. The Morgan fingerprint density at radius 1 is 1.03 bits per heavy atom. The second-order valence-corrected chi connectivity index (χ2v) is 9.14. The maximum atomic E-state index is 14.5. The predicted octanol–water partition coefficient (Wildman–Crippen LogP) is 4.29. The molecule has 0 bridgehead atoms. The monoisotopic (exact) mass is 509 g/mol. The summed E-state index contributed by atoms with van der Waals surface area (Å²) in [5.41, 5.74) is 12.4. The number of ether oxygens (including phenoxy) is 1. The van der Waals surface area contributed by atoms with E-state index in [1.807, 2.05) is 49.3 Å². The fourth-order valence-electron chi connectivity index (χ4n) is 4.23. The highest BCUT2D eigenvalue weighted by atomic mass is 19.1. The normalized spacial score (nSPS) is 11.6. The van der Waals surface area contributed by atoms with E-state index in [1.165, 1.54) is 12.1 Å². The van der Waals surface area contributed by atoms with Crippen LogP contribution in [0.25, 0.3) is 56.1 Å². The Morgan fingerprint density at radius 2 is 1.92 bits per heavy atom. The second-order valence-electron chi connectivity index (χ2n) is 9.14. The van der Waals surface area contributed by atoms with Gasteiger partial charge in [0.2, 0.25) is 0 Å². The standard InChI is InChI=1S/C27H24FN9O/c1-37(2)7-8-38-19-11-15(9-17(28)12-19)20-5-6-31-26-23(20)33-27(34-26)25-24-22(35-36-25)4-3-21(32-24)16-10-18(29)14-30-13-16/h3-6,9-14H,7-8,29H2,1-2H3,(H,35,36)(H,31,33,34). The van der Waals surface area contributed by atoms with Gasteiger partial charge in [-0.2, -0.15) is 5.10 Å². The molecule has 5 aromatic heterocycles. The van der Waals surface area contributed by atoms with Crippen LogP contribution in [-0.2, 0) is 0 Å². The van der Waals surface area contributed by atoms with Gasteiger partial charge in [-0.05, 0) is 56.1 Å². The summed E-state index contributed by atoms with van der Waals surface area (Å²) >= 11 is 0. The van der Waals surface area contributed by atoms with Crippen LogP contribution in [0.15, 0.2) is 61.1 Å². The number of hydrogen-bond acceptors (Lipinski definition) is 8. The predicted molar refractivity (Wildman–Crippen MR) is 144 cm³/mol. The minimum absolute atomic E-state index is 0.391. The van der Waals surface area contributed by atoms with Gasteiger partial charge in [-0.25, -0.2) is 19.3 Å². The smallest absolute Gasteiger partial charge is 0.178 e. The van der Waals surface area contributed by atoms with Crippen molar-refractivity contribution in [1.29, 1.82) is 0 Å². The highest BCUT2D eigenvalue weighted by Crippen LogP contribution is 2.33. The molecular weight excluding hydrogens is 485 g/mol. The van der Waals surface area contributed by atoms with Crippen molar-refractivity contribution in [2.24, 2.45) is 0 Å².